The Morgan fingerprint density at radius 2 is 1.88 bits per heavy atom. The Labute approximate surface area is 203 Å². The van der Waals surface area contributed by atoms with E-state index in [1.807, 2.05) is 30.3 Å². The van der Waals surface area contributed by atoms with Gasteiger partial charge >= 0.3 is 0 Å². The first-order valence-electron chi connectivity index (χ1n) is 11.5. The van der Waals surface area contributed by atoms with Crippen LogP contribution in [-0.2, 0) is 9.53 Å². The number of para-hydroxylation sites is 1. The fourth-order valence-corrected chi connectivity index (χ4v) is 6.06. The number of allylic oxidation sites excluding steroid dienone is 2. The molecule has 0 spiro atoms. The fraction of sp³-hybridized carbons (Fsp3) is 0.385. The van der Waals surface area contributed by atoms with Crippen molar-refractivity contribution in [3.63, 3.8) is 0 Å². The standard InChI is InChI=1S/C26H28ClN3O2S/c27-19-11-9-18(10-12-19)23(30-13-15-32-16-14-30)17-28-25(31)20-5-1-2-6-21(20)26-29-22-7-3-4-8-24(22)33-26/h1-4,7-12,20-21,23H,5-6,13-17H2,(H,28,31)/t20-,21-,23+/m0/s1. The Morgan fingerprint density at radius 1 is 1.12 bits per heavy atom. The Morgan fingerprint density at radius 3 is 2.67 bits per heavy atom. The van der Waals surface area contributed by atoms with Gasteiger partial charge in [0.05, 0.1) is 40.4 Å². The first kappa shape index (κ1) is 22.5. The molecule has 1 fully saturated rings. The summed E-state index contributed by atoms with van der Waals surface area (Å²) in [7, 11) is 0. The van der Waals surface area contributed by atoms with Crippen molar-refractivity contribution in [2.45, 2.75) is 24.8 Å². The number of fused-ring (bicyclic) bond motifs is 1. The molecule has 0 saturated carbocycles. The Balaban J connectivity index is 1.32. The molecule has 2 aliphatic rings. The summed E-state index contributed by atoms with van der Waals surface area (Å²) in [6.07, 6.45) is 5.91. The van der Waals surface area contributed by atoms with Crippen molar-refractivity contribution in [3.05, 3.63) is 76.3 Å². The van der Waals surface area contributed by atoms with E-state index in [1.54, 1.807) is 11.3 Å². The van der Waals surface area contributed by atoms with Gasteiger partial charge in [-0.15, -0.1) is 11.3 Å². The number of nitrogens with one attached hydrogen (secondary N) is 1. The summed E-state index contributed by atoms with van der Waals surface area (Å²) >= 11 is 7.83. The third-order valence-electron chi connectivity index (χ3n) is 6.61. The number of amides is 1. The highest BCUT2D eigenvalue weighted by atomic mass is 35.5. The van der Waals surface area contributed by atoms with Gasteiger partial charge in [0.1, 0.15) is 0 Å². The Hall–Kier alpha value is -2.25. The molecule has 172 valence electrons. The molecule has 3 atom stereocenters. The molecule has 33 heavy (non-hydrogen) atoms. The quantitative estimate of drug-likeness (QED) is 0.492. The molecule has 3 aromatic rings. The van der Waals surface area contributed by atoms with Gasteiger partial charge in [0, 0.05) is 30.6 Å². The van der Waals surface area contributed by atoms with Crippen LogP contribution in [0.3, 0.4) is 0 Å². The summed E-state index contributed by atoms with van der Waals surface area (Å²) in [5.74, 6) is 0.117. The van der Waals surface area contributed by atoms with Gasteiger partial charge in [-0.05, 0) is 42.7 Å². The number of rotatable bonds is 6. The number of carbonyl (C=O) groups is 1. The third kappa shape index (κ3) is 5.14. The molecule has 1 N–H and O–H groups in total. The monoisotopic (exact) mass is 481 g/mol. The number of morpholine rings is 1. The normalized spacial score (nSPS) is 22.3. The number of halogens is 1. The van der Waals surface area contributed by atoms with Gasteiger partial charge in [-0.1, -0.05) is 48.0 Å². The van der Waals surface area contributed by atoms with Gasteiger partial charge in [-0.2, -0.15) is 0 Å². The number of hydrogen-bond acceptors (Lipinski definition) is 5. The molecule has 0 unspecified atom stereocenters. The van der Waals surface area contributed by atoms with Crippen molar-refractivity contribution in [2.75, 3.05) is 32.8 Å². The molecule has 0 bridgehead atoms. The SMILES string of the molecule is O=C(NC[C@H](c1ccc(Cl)cc1)N1CCOCC1)[C@H]1CC=CC[C@@H]1c1nc2ccccc2s1. The average Bonchev–Trinajstić information content (AvgIpc) is 3.30. The van der Waals surface area contributed by atoms with E-state index in [0.717, 1.165) is 47.0 Å². The highest BCUT2D eigenvalue weighted by Crippen LogP contribution is 2.38. The summed E-state index contributed by atoms with van der Waals surface area (Å²) in [5.41, 5.74) is 2.18. The minimum atomic E-state index is -0.105. The number of carbonyl (C=O) groups excluding carboxylic acids is 1. The second-order valence-corrected chi connectivity index (χ2v) is 10.1. The smallest absolute Gasteiger partial charge is 0.224 e. The van der Waals surface area contributed by atoms with E-state index in [4.69, 9.17) is 21.3 Å². The second kappa shape index (κ2) is 10.3. The summed E-state index contributed by atoms with van der Waals surface area (Å²) < 4.78 is 6.73. The number of hydrogen-bond donors (Lipinski definition) is 1. The van der Waals surface area contributed by atoms with Gasteiger partial charge in [0.2, 0.25) is 5.91 Å². The topological polar surface area (TPSA) is 54.5 Å². The summed E-state index contributed by atoms with van der Waals surface area (Å²) in [5, 5.41) is 5.06. The lowest BCUT2D eigenvalue weighted by atomic mass is 9.82. The highest BCUT2D eigenvalue weighted by Gasteiger charge is 2.33. The van der Waals surface area contributed by atoms with Crippen LogP contribution in [0.25, 0.3) is 10.2 Å². The van der Waals surface area contributed by atoms with E-state index < -0.39 is 0 Å². The van der Waals surface area contributed by atoms with Gasteiger partial charge < -0.3 is 10.1 Å². The van der Waals surface area contributed by atoms with Crippen molar-refractivity contribution < 1.29 is 9.53 Å². The summed E-state index contributed by atoms with van der Waals surface area (Å²) in [6, 6.07) is 16.2. The van der Waals surface area contributed by atoms with Crippen LogP contribution in [-0.4, -0.2) is 48.6 Å². The van der Waals surface area contributed by atoms with Crippen LogP contribution in [0.5, 0.6) is 0 Å². The minimum Gasteiger partial charge on any atom is -0.379 e. The maximum Gasteiger partial charge on any atom is 0.224 e. The van der Waals surface area contributed by atoms with E-state index in [9.17, 15) is 4.79 Å². The molecular formula is C26H28ClN3O2S. The number of thiazole rings is 1. The van der Waals surface area contributed by atoms with Crippen molar-refractivity contribution in [1.29, 1.82) is 0 Å². The zero-order valence-corrected chi connectivity index (χ0v) is 20.0. The molecule has 7 heteroatoms. The molecule has 2 aromatic carbocycles. The molecule has 0 radical (unpaired) electrons. The van der Waals surface area contributed by atoms with Crippen molar-refractivity contribution in [3.8, 4) is 0 Å². The molecule has 5 nitrogen and oxygen atoms in total. The van der Waals surface area contributed by atoms with Gasteiger partial charge in [0.25, 0.3) is 0 Å². The van der Waals surface area contributed by atoms with Crippen molar-refractivity contribution in [1.82, 2.24) is 15.2 Å². The number of nitrogens with zero attached hydrogens (tertiary/aromatic N) is 2. The molecule has 5 rings (SSSR count). The first-order valence-corrected chi connectivity index (χ1v) is 12.7. The summed E-state index contributed by atoms with van der Waals surface area (Å²) in [6.45, 7) is 3.69. The second-order valence-electron chi connectivity index (χ2n) is 8.64. The molecule has 1 saturated heterocycles. The number of aromatic nitrogens is 1. The van der Waals surface area contributed by atoms with Gasteiger partial charge in [-0.3, -0.25) is 9.69 Å². The average molecular weight is 482 g/mol. The largest absolute Gasteiger partial charge is 0.379 e. The summed E-state index contributed by atoms with van der Waals surface area (Å²) in [4.78, 5) is 20.7. The number of ether oxygens (including phenoxy) is 1. The Bertz CT molecular complexity index is 1090. The lowest BCUT2D eigenvalue weighted by molar-refractivity contribution is -0.126. The van der Waals surface area contributed by atoms with E-state index in [2.05, 4.69) is 40.6 Å². The molecule has 1 aromatic heterocycles. The first-order chi connectivity index (χ1) is 16.2. The van der Waals surface area contributed by atoms with E-state index in [-0.39, 0.29) is 23.8 Å². The minimum absolute atomic E-state index is 0.0927. The third-order valence-corrected chi connectivity index (χ3v) is 8.03. The van der Waals surface area contributed by atoms with Crippen molar-refractivity contribution >= 4 is 39.1 Å². The van der Waals surface area contributed by atoms with Crippen LogP contribution in [0.2, 0.25) is 5.02 Å². The lowest BCUT2D eigenvalue weighted by Gasteiger charge is -2.35. The highest BCUT2D eigenvalue weighted by molar-refractivity contribution is 7.18. The van der Waals surface area contributed by atoms with Crippen LogP contribution >= 0.6 is 22.9 Å². The van der Waals surface area contributed by atoms with Crippen LogP contribution in [0, 0.1) is 5.92 Å². The zero-order chi connectivity index (χ0) is 22.6. The van der Waals surface area contributed by atoms with Gasteiger partial charge in [0.15, 0.2) is 0 Å². The van der Waals surface area contributed by atoms with Crippen LogP contribution in [0.1, 0.15) is 35.4 Å². The predicted octanol–water partition coefficient (Wildman–Crippen LogP) is 5.19. The van der Waals surface area contributed by atoms with E-state index in [1.165, 1.54) is 4.70 Å². The molecule has 2 heterocycles. The van der Waals surface area contributed by atoms with E-state index >= 15 is 0 Å². The molecular weight excluding hydrogens is 454 g/mol. The van der Waals surface area contributed by atoms with Crippen LogP contribution in [0.4, 0.5) is 0 Å². The predicted molar refractivity (Wildman–Crippen MR) is 134 cm³/mol. The Kier molecular flexibility index (Phi) is 7.07. The maximum atomic E-state index is 13.4. The molecule has 1 aliphatic heterocycles. The van der Waals surface area contributed by atoms with Crippen LogP contribution < -0.4 is 5.32 Å². The molecule has 1 aliphatic carbocycles. The van der Waals surface area contributed by atoms with E-state index in [0.29, 0.717) is 19.8 Å². The van der Waals surface area contributed by atoms with Gasteiger partial charge in [-0.25, -0.2) is 4.98 Å². The van der Waals surface area contributed by atoms with Crippen molar-refractivity contribution in [2.24, 2.45) is 5.92 Å². The lowest BCUT2D eigenvalue weighted by Crippen LogP contribution is -2.45. The fourth-order valence-electron chi connectivity index (χ4n) is 4.79. The molecule has 1 amide bonds. The maximum absolute atomic E-state index is 13.4. The number of benzene rings is 2. The van der Waals surface area contributed by atoms with Crippen LogP contribution in [0.15, 0.2) is 60.7 Å². The zero-order valence-electron chi connectivity index (χ0n) is 18.5.